The summed E-state index contributed by atoms with van der Waals surface area (Å²) >= 11 is 5.69. The van der Waals surface area contributed by atoms with Crippen LogP contribution in [-0.4, -0.2) is 30.2 Å². The van der Waals surface area contributed by atoms with Crippen molar-refractivity contribution in [1.82, 2.24) is 0 Å². The van der Waals surface area contributed by atoms with E-state index in [2.05, 4.69) is 0 Å². The smallest absolute Gasteiger partial charge is 0.345 e. The average molecular weight is 258 g/mol. The number of benzene rings is 1. The molecule has 0 aromatic heterocycles. The molecule has 0 N–H and O–H groups in total. The van der Waals surface area contributed by atoms with Crippen molar-refractivity contribution in [3.63, 3.8) is 0 Å². The van der Waals surface area contributed by atoms with Crippen molar-refractivity contribution >= 4 is 23.3 Å². The maximum atomic E-state index is 11.7. The van der Waals surface area contributed by atoms with Gasteiger partial charge in [0.1, 0.15) is 11.7 Å². The van der Waals surface area contributed by atoms with Crippen LogP contribution in [-0.2, 0) is 9.47 Å². The van der Waals surface area contributed by atoms with Gasteiger partial charge in [-0.15, -0.1) is 0 Å². The number of esters is 1. The van der Waals surface area contributed by atoms with Crippen molar-refractivity contribution in [2.24, 2.45) is 0 Å². The van der Waals surface area contributed by atoms with Gasteiger partial charge in [-0.2, -0.15) is 0 Å². The van der Waals surface area contributed by atoms with Crippen LogP contribution in [0, 0.1) is 10.1 Å². The summed E-state index contributed by atoms with van der Waals surface area (Å²) in [5.74, 6) is -0.757. The summed E-state index contributed by atoms with van der Waals surface area (Å²) in [6.07, 6.45) is -0.332. The topological polar surface area (TPSA) is 78.7 Å². The van der Waals surface area contributed by atoms with Crippen LogP contribution in [0.25, 0.3) is 0 Å². The number of hydrogen-bond donors (Lipinski definition) is 0. The first-order chi connectivity index (χ1) is 8.08. The number of nitro groups is 1. The zero-order valence-electron chi connectivity index (χ0n) is 8.59. The lowest BCUT2D eigenvalue weighted by Gasteiger charge is -2.25. The molecule has 0 bridgehead atoms. The van der Waals surface area contributed by atoms with Crippen molar-refractivity contribution < 1.29 is 19.2 Å². The summed E-state index contributed by atoms with van der Waals surface area (Å²) in [6.45, 7) is 0.639. The monoisotopic (exact) mass is 257 g/mol. The number of carbonyl (C=O) groups excluding carboxylic acids is 1. The minimum Gasteiger partial charge on any atom is -0.454 e. The first-order valence-corrected chi connectivity index (χ1v) is 5.18. The predicted octanol–water partition coefficient (Wildman–Crippen LogP) is 1.80. The highest BCUT2D eigenvalue weighted by Gasteiger charge is 2.27. The van der Waals surface area contributed by atoms with Gasteiger partial charge in [0.05, 0.1) is 18.1 Å². The molecule has 1 saturated heterocycles. The van der Waals surface area contributed by atoms with Crippen molar-refractivity contribution in [2.75, 3.05) is 13.2 Å². The van der Waals surface area contributed by atoms with Gasteiger partial charge in [0.2, 0.25) is 0 Å². The number of rotatable bonds is 3. The lowest BCUT2D eigenvalue weighted by Crippen LogP contribution is -2.37. The highest BCUT2D eigenvalue weighted by atomic mass is 35.5. The van der Waals surface area contributed by atoms with Gasteiger partial charge >= 0.3 is 5.97 Å². The van der Waals surface area contributed by atoms with Crippen molar-refractivity contribution in [3.05, 3.63) is 38.9 Å². The van der Waals surface area contributed by atoms with Crippen LogP contribution in [0.3, 0.4) is 0 Å². The molecule has 1 aliphatic heterocycles. The lowest BCUT2D eigenvalue weighted by atomic mass is 10.2. The Labute approximate surface area is 101 Å². The highest BCUT2D eigenvalue weighted by Crippen LogP contribution is 2.24. The molecule has 1 aromatic carbocycles. The molecule has 0 atom stereocenters. The summed E-state index contributed by atoms with van der Waals surface area (Å²) in [6, 6.07) is 3.75. The zero-order valence-corrected chi connectivity index (χ0v) is 9.35. The van der Waals surface area contributed by atoms with E-state index in [0.29, 0.717) is 13.2 Å². The molecule has 90 valence electrons. The molecule has 1 aromatic rings. The zero-order chi connectivity index (χ0) is 12.4. The fraction of sp³-hybridized carbons (Fsp3) is 0.300. The predicted molar refractivity (Wildman–Crippen MR) is 58.1 cm³/mol. The Morgan fingerprint density at radius 3 is 2.76 bits per heavy atom. The van der Waals surface area contributed by atoms with Crippen LogP contribution in [0.1, 0.15) is 10.4 Å². The van der Waals surface area contributed by atoms with E-state index in [9.17, 15) is 14.9 Å². The van der Waals surface area contributed by atoms with Gasteiger partial charge < -0.3 is 9.47 Å². The summed E-state index contributed by atoms with van der Waals surface area (Å²) in [7, 11) is 0. The Morgan fingerprint density at radius 2 is 2.24 bits per heavy atom. The second-order valence-electron chi connectivity index (χ2n) is 3.48. The molecule has 0 amide bonds. The van der Waals surface area contributed by atoms with E-state index >= 15 is 0 Å². The van der Waals surface area contributed by atoms with E-state index in [0.717, 1.165) is 0 Å². The SMILES string of the molecule is O=C(OC1COC1)c1cc(Cl)ccc1[N+](=O)[O-]. The maximum Gasteiger partial charge on any atom is 0.345 e. The second-order valence-corrected chi connectivity index (χ2v) is 3.92. The van der Waals surface area contributed by atoms with Crippen molar-refractivity contribution in [3.8, 4) is 0 Å². The van der Waals surface area contributed by atoms with E-state index in [1.807, 2.05) is 0 Å². The summed E-state index contributed by atoms with van der Waals surface area (Å²) < 4.78 is 9.83. The second kappa shape index (κ2) is 4.68. The molecule has 0 saturated carbocycles. The molecular formula is C10H8ClNO5. The van der Waals surface area contributed by atoms with Crippen LogP contribution in [0.4, 0.5) is 5.69 Å². The van der Waals surface area contributed by atoms with Gasteiger partial charge in [-0.1, -0.05) is 11.6 Å². The summed E-state index contributed by atoms with van der Waals surface area (Å²) in [4.78, 5) is 21.8. The molecule has 0 radical (unpaired) electrons. The Hall–Kier alpha value is -1.66. The average Bonchev–Trinajstić information content (AvgIpc) is 2.22. The number of ether oxygens (including phenoxy) is 2. The van der Waals surface area contributed by atoms with E-state index < -0.39 is 10.9 Å². The fourth-order valence-corrected chi connectivity index (χ4v) is 1.50. The highest BCUT2D eigenvalue weighted by molar-refractivity contribution is 6.31. The van der Waals surface area contributed by atoms with Crippen LogP contribution in [0.5, 0.6) is 0 Å². The Bertz CT molecular complexity index is 472. The first-order valence-electron chi connectivity index (χ1n) is 4.80. The van der Waals surface area contributed by atoms with Gasteiger partial charge in [0.25, 0.3) is 5.69 Å². The maximum absolute atomic E-state index is 11.7. The molecule has 0 aliphatic carbocycles. The van der Waals surface area contributed by atoms with E-state index in [1.165, 1.54) is 18.2 Å². The number of nitrogens with zero attached hydrogens (tertiary/aromatic N) is 1. The molecule has 1 fully saturated rings. The third-order valence-corrected chi connectivity index (χ3v) is 2.49. The van der Waals surface area contributed by atoms with Gasteiger partial charge in [0, 0.05) is 11.1 Å². The molecule has 6 nitrogen and oxygen atoms in total. The van der Waals surface area contributed by atoms with Gasteiger partial charge in [-0.05, 0) is 12.1 Å². The first kappa shape index (κ1) is 11.8. The number of nitro benzene ring substituents is 1. The van der Waals surface area contributed by atoms with Gasteiger partial charge in [-0.3, -0.25) is 10.1 Å². The Kier molecular flexibility index (Phi) is 3.26. The van der Waals surface area contributed by atoms with Gasteiger partial charge in [-0.25, -0.2) is 4.79 Å². The molecule has 2 rings (SSSR count). The quantitative estimate of drug-likeness (QED) is 0.469. The van der Waals surface area contributed by atoms with Crippen molar-refractivity contribution in [1.29, 1.82) is 0 Å². The third-order valence-electron chi connectivity index (χ3n) is 2.26. The number of halogens is 1. The van der Waals surface area contributed by atoms with Crippen LogP contribution in [0.2, 0.25) is 5.02 Å². The molecule has 0 spiro atoms. The molecule has 1 aliphatic rings. The van der Waals surface area contributed by atoms with Crippen LogP contribution < -0.4 is 0 Å². The van der Waals surface area contributed by atoms with Crippen molar-refractivity contribution in [2.45, 2.75) is 6.10 Å². The largest absolute Gasteiger partial charge is 0.454 e. The molecular weight excluding hydrogens is 250 g/mol. The normalized spacial score (nSPS) is 15.1. The molecule has 0 unspecified atom stereocenters. The van der Waals surface area contributed by atoms with E-state index in [4.69, 9.17) is 21.1 Å². The minimum atomic E-state index is -0.757. The Balaban J connectivity index is 2.25. The summed E-state index contributed by atoms with van der Waals surface area (Å²) in [5.41, 5.74) is -0.464. The number of hydrogen-bond acceptors (Lipinski definition) is 5. The van der Waals surface area contributed by atoms with E-state index in [-0.39, 0.29) is 22.4 Å². The molecule has 7 heteroatoms. The number of carbonyl (C=O) groups is 1. The molecule has 1 heterocycles. The fourth-order valence-electron chi connectivity index (χ4n) is 1.33. The minimum absolute atomic E-state index is 0.144. The van der Waals surface area contributed by atoms with Gasteiger partial charge in [0.15, 0.2) is 0 Å². The van der Waals surface area contributed by atoms with E-state index in [1.54, 1.807) is 0 Å². The van der Waals surface area contributed by atoms with Crippen LogP contribution >= 0.6 is 11.6 Å². The third kappa shape index (κ3) is 2.54. The lowest BCUT2D eigenvalue weighted by molar-refractivity contribution is -0.385. The van der Waals surface area contributed by atoms with Crippen LogP contribution in [0.15, 0.2) is 18.2 Å². The molecule has 17 heavy (non-hydrogen) atoms. The standard InChI is InChI=1S/C10H8ClNO5/c11-6-1-2-9(12(14)15)8(3-6)10(13)17-7-4-16-5-7/h1-3,7H,4-5H2. The summed E-state index contributed by atoms with van der Waals surface area (Å²) in [5, 5.41) is 11.0. The Morgan fingerprint density at radius 1 is 1.53 bits per heavy atom.